The zero-order chi connectivity index (χ0) is 16.9. The maximum Gasteiger partial charge on any atom is 0.233 e. The molecule has 0 bridgehead atoms. The van der Waals surface area contributed by atoms with Crippen LogP contribution in [0.3, 0.4) is 0 Å². The van der Waals surface area contributed by atoms with Crippen LogP contribution in [-0.4, -0.2) is 19.6 Å². The number of para-hydroxylation sites is 1. The van der Waals surface area contributed by atoms with Crippen LogP contribution in [0.5, 0.6) is 5.75 Å². The molecule has 6 nitrogen and oxygen atoms in total. The molecule has 24 heavy (non-hydrogen) atoms. The molecule has 0 aromatic heterocycles. The van der Waals surface area contributed by atoms with Crippen molar-refractivity contribution in [2.75, 3.05) is 18.6 Å². The van der Waals surface area contributed by atoms with Gasteiger partial charge in [-0.1, -0.05) is 35.4 Å². The molecular weight excluding hydrogens is 304 g/mol. The van der Waals surface area contributed by atoms with Crippen molar-refractivity contribution in [3.05, 3.63) is 70.6 Å². The van der Waals surface area contributed by atoms with Crippen molar-refractivity contribution >= 4 is 11.6 Å². The van der Waals surface area contributed by atoms with E-state index in [0.29, 0.717) is 13.0 Å². The first kappa shape index (κ1) is 15.9. The summed E-state index contributed by atoms with van der Waals surface area (Å²) in [7, 11) is 1.63. The van der Waals surface area contributed by atoms with Gasteiger partial charge in [0.1, 0.15) is 5.75 Å². The molecule has 0 aliphatic carbocycles. The fourth-order valence-electron chi connectivity index (χ4n) is 3.13. The zero-order valence-corrected chi connectivity index (χ0v) is 13.4. The fraction of sp³-hybridized carbons (Fsp3) is 0.278. The second-order valence-corrected chi connectivity index (χ2v) is 5.61. The fourth-order valence-corrected chi connectivity index (χ4v) is 3.13. The predicted molar refractivity (Wildman–Crippen MR) is 91.8 cm³/mol. The second-order valence-electron chi connectivity index (χ2n) is 5.61. The van der Waals surface area contributed by atoms with Crippen molar-refractivity contribution in [2.45, 2.75) is 12.5 Å². The summed E-state index contributed by atoms with van der Waals surface area (Å²) >= 11 is 0. The second kappa shape index (κ2) is 7.06. The lowest BCUT2D eigenvalue weighted by atomic mass is 9.79. The quantitative estimate of drug-likeness (QED) is 0.347. The molecule has 2 atom stereocenters. The number of hydrogen-bond donors (Lipinski definition) is 0. The summed E-state index contributed by atoms with van der Waals surface area (Å²) in [5.41, 5.74) is 10.4. The molecule has 0 radical (unpaired) electrons. The van der Waals surface area contributed by atoms with Gasteiger partial charge in [0.05, 0.1) is 19.1 Å². The third-order valence-electron chi connectivity index (χ3n) is 4.31. The number of benzene rings is 2. The van der Waals surface area contributed by atoms with Crippen molar-refractivity contribution in [1.29, 1.82) is 0 Å². The Hall–Kier alpha value is -2.98. The Morgan fingerprint density at radius 3 is 2.50 bits per heavy atom. The van der Waals surface area contributed by atoms with Crippen molar-refractivity contribution in [3.63, 3.8) is 0 Å². The molecule has 2 aromatic carbocycles. The first-order valence-electron chi connectivity index (χ1n) is 7.79. The number of methoxy groups -OCH3 is 1. The van der Waals surface area contributed by atoms with Gasteiger partial charge in [0.15, 0.2) is 0 Å². The number of hydrogen-bond acceptors (Lipinski definition) is 3. The van der Waals surface area contributed by atoms with Crippen LogP contribution in [0, 0.1) is 5.92 Å². The van der Waals surface area contributed by atoms with Gasteiger partial charge in [-0.2, -0.15) is 0 Å². The molecule has 2 aromatic rings. The Morgan fingerprint density at radius 2 is 1.88 bits per heavy atom. The molecule has 1 fully saturated rings. The number of ether oxygens (including phenoxy) is 1. The van der Waals surface area contributed by atoms with Crippen LogP contribution in [0.25, 0.3) is 10.4 Å². The van der Waals surface area contributed by atoms with Gasteiger partial charge in [-0.05, 0) is 41.8 Å². The number of carbonyl (C=O) groups is 1. The van der Waals surface area contributed by atoms with E-state index in [1.54, 1.807) is 7.11 Å². The highest BCUT2D eigenvalue weighted by Crippen LogP contribution is 2.45. The Morgan fingerprint density at radius 1 is 1.17 bits per heavy atom. The lowest BCUT2D eigenvalue weighted by Crippen LogP contribution is -2.55. The van der Waals surface area contributed by atoms with Crippen LogP contribution in [0.15, 0.2) is 59.7 Å². The average Bonchev–Trinajstić information content (AvgIpc) is 2.64. The van der Waals surface area contributed by atoms with Gasteiger partial charge < -0.3 is 9.64 Å². The topological polar surface area (TPSA) is 78.3 Å². The van der Waals surface area contributed by atoms with E-state index < -0.39 is 0 Å². The van der Waals surface area contributed by atoms with Crippen LogP contribution in [0.1, 0.15) is 18.0 Å². The summed E-state index contributed by atoms with van der Waals surface area (Å²) in [5, 5.41) is 3.57. The van der Waals surface area contributed by atoms with Crippen LogP contribution < -0.4 is 9.64 Å². The molecule has 122 valence electrons. The predicted octanol–water partition coefficient (Wildman–Crippen LogP) is 4.10. The van der Waals surface area contributed by atoms with E-state index >= 15 is 0 Å². The number of nitrogens with zero attached hydrogens (tertiary/aromatic N) is 4. The van der Waals surface area contributed by atoms with Crippen molar-refractivity contribution in [3.8, 4) is 5.75 Å². The van der Waals surface area contributed by atoms with E-state index in [9.17, 15) is 4.79 Å². The van der Waals surface area contributed by atoms with Gasteiger partial charge in [0.25, 0.3) is 0 Å². The SMILES string of the molecule is COc1ccc([C@@H]2[C@H](CCN=[N+]=[N-])C(=O)N2c2ccccc2)cc1. The summed E-state index contributed by atoms with van der Waals surface area (Å²) < 4.78 is 5.20. The van der Waals surface area contributed by atoms with Gasteiger partial charge in [-0.15, -0.1) is 0 Å². The number of rotatable bonds is 6. The first-order valence-corrected chi connectivity index (χ1v) is 7.79. The molecular formula is C18H18N4O2. The Bertz CT molecular complexity index is 754. The molecule has 1 aliphatic rings. The lowest BCUT2D eigenvalue weighted by Gasteiger charge is -2.47. The lowest BCUT2D eigenvalue weighted by molar-refractivity contribution is -0.130. The molecule has 1 heterocycles. The van der Waals surface area contributed by atoms with Crippen molar-refractivity contribution < 1.29 is 9.53 Å². The maximum atomic E-state index is 12.6. The summed E-state index contributed by atoms with van der Waals surface area (Å²) in [4.78, 5) is 17.2. The molecule has 0 unspecified atom stereocenters. The minimum absolute atomic E-state index is 0.0558. The van der Waals surface area contributed by atoms with E-state index in [1.165, 1.54) is 0 Å². The van der Waals surface area contributed by atoms with Gasteiger partial charge in [-0.3, -0.25) is 4.79 Å². The normalized spacial score (nSPS) is 19.4. The van der Waals surface area contributed by atoms with E-state index in [0.717, 1.165) is 17.0 Å². The highest BCUT2D eigenvalue weighted by Gasteiger charge is 2.48. The van der Waals surface area contributed by atoms with E-state index in [-0.39, 0.29) is 17.9 Å². The number of carbonyl (C=O) groups excluding carboxylic acids is 1. The van der Waals surface area contributed by atoms with Gasteiger partial charge in [0.2, 0.25) is 5.91 Å². The van der Waals surface area contributed by atoms with E-state index in [1.807, 2.05) is 59.5 Å². The molecule has 0 N–H and O–H groups in total. The summed E-state index contributed by atoms with van der Waals surface area (Å²) in [5.74, 6) is 0.667. The minimum Gasteiger partial charge on any atom is -0.497 e. The van der Waals surface area contributed by atoms with Crippen molar-refractivity contribution in [2.24, 2.45) is 11.0 Å². The number of azide groups is 1. The monoisotopic (exact) mass is 322 g/mol. The van der Waals surface area contributed by atoms with Gasteiger partial charge in [-0.25, -0.2) is 0 Å². The van der Waals surface area contributed by atoms with E-state index in [2.05, 4.69) is 10.0 Å². The number of β-lactam (4-membered cyclic amide) rings is 1. The molecule has 6 heteroatoms. The maximum absolute atomic E-state index is 12.6. The minimum atomic E-state index is -0.177. The Kier molecular flexibility index (Phi) is 4.68. The number of amides is 1. The highest BCUT2D eigenvalue weighted by molar-refractivity contribution is 6.03. The molecule has 0 saturated carbocycles. The van der Waals surface area contributed by atoms with Gasteiger partial charge >= 0.3 is 0 Å². The summed E-state index contributed by atoms with van der Waals surface area (Å²) in [6, 6.07) is 17.3. The molecule has 1 aliphatic heterocycles. The van der Waals surface area contributed by atoms with Crippen LogP contribution in [-0.2, 0) is 4.79 Å². The Balaban J connectivity index is 1.90. The molecule has 3 rings (SSSR count). The summed E-state index contributed by atoms with van der Waals surface area (Å²) in [6.07, 6.45) is 0.545. The zero-order valence-electron chi connectivity index (χ0n) is 13.4. The molecule has 1 amide bonds. The Labute approximate surface area is 140 Å². The standard InChI is InChI=1S/C18H18N4O2/c1-24-15-9-7-13(8-10-15)17-16(11-12-20-21-19)18(23)22(17)14-5-3-2-4-6-14/h2-10,16-17H,11-12H2,1H3/t16-,17+/m0/s1. The highest BCUT2D eigenvalue weighted by atomic mass is 16.5. The van der Waals surface area contributed by atoms with Gasteiger partial charge in [0, 0.05) is 17.1 Å². The third kappa shape index (κ3) is 2.92. The summed E-state index contributed by atoms with van der Waals surface area (Å²) in [6.45, 7) is 0.322. The third-order valence-corrected chi connectivity index (χ3v) is 4.31. The van der Waals surface area contributed by atoms with Crippen LogP contribution >= 0.6 is 0 Å². The van der Waals surface area contributed by atoms with Crippen molar-refractivity contribution in [1.82, 2.24) is 0 Å². The first-order chi connectivity index (χ1) is 11.8. The molecule has 1 saturated heterocycles. The van der Waals surface area contributed by atoms with Crippen LogP contribution in [0.2, 0.25) is 0 Å². The van der Waals surface area contributed by atoms with E-state index in [4.69, 9.17) is 10.3 Å². The average molecular weight is 322 g/mol. The largest absolute Gasteiger partial charge is 0.497 e. The molecule has 0 spiro atoms. The number of anilines is 1. The van der Waals surface area contributed by atoms with Crippen LogP contribution in [0.4, 0.5) is 5.69 Å². The smallest absolute Gasteiger partial charge is 0.233 e.